The Morgan fingerprint density at radius 2 is 1.33 bits per heavy atom. The van der Waals surface area contributed by atoms with Crippen molar-refractivity contribution in [3.63, 3.8) is 0 Å². The number of hydrogen-bond acceptors (Lipinski definition) is 0. The zero-order valence-electron chi connectivity index (χ0n) is 12.0. The second-order valence-corrected chi connectivity index (χ2v) is 8.59. The molecular formula is C16H8Cl2F5Zr. The molecule has 3 rings (SSSR count). The second-order valence-electron chi connectivity index (χ2n) is 4.86. The van der Waals surface area contributed by atoms with Crippen LogP contribution in [-0.4, -0.2) is 0 Å². The molecule has 0 N–H and O–H groups in total. The van der Waals surface area contributed by atoms with Crippen LogP contribution in [0.2, 0.25) is 0 Å². The molecule has 8 heteroatoms. The van der Waals surface area contributed by atoms with E-state index < -0.39 is 55.5 Å². The van der Waals surface area contributed by atoms with Gasteiger partial charge in [0.2, 0.25) is 5.82 Å². The van der Waals surface area contributed by atoms with Crippen molar-refractivity contribution in [3.05, 3.63) is 70.4 Å². The van der Waals surface area contributed by atoms with Crippen LogP contribution < -0.4 is 0 Å². The summed E-state index contributed by atoms with van der Waals surface area (Å²) in [4.78, 5) is 0. The molecule has 0 saturated heterocycles. The van der Waals surface area contributed by atoms with Crippen molar-refractivity contribution in [2.75, 3.05) is 0 Å². The first-order valence-electron chi connectivity index (χ1n) is 6.47. The number of benzene rings is 2. The standard InChI is InChI=1S/C16H8F5.2ClH.Zr/c1-7-5-8-3-2-4-9(10(8)6-7)11-12(17)14(19)16(21)15(20)13(11)18;;;/h2-6H,1H3;2*1H;/q;;;+2/p-2. The fourth-order valence-corrected chi connectivity index (χ4v) is 2.44. The molecule has 0 bridgehead atoms. The van der Waals surface area contributed by atoms with Crippen LogP contribution in [0, 0.1) is 35.5 Å². The predicted molar refractivity (Wildman–Crippen MR) is 80.4 cm³/mol. The van der Waals surface area contributed by atoms with E-state index in [0.717, 1.165) is 5.57 Å². The number of rotatable bonds is 1. The zero-order valence-corrected chi connectivity index (χ0v) is 16.0. The van der Waals surface area contributed by atoms with Gasteiger partial charge >= 0.3 is 37.9 Å². The van der Waals surface area contributed by atoms with Crippen LogP contribution in [0.15, 0.2) is 23.8 Å². The van der Waals surface area contributed by atoms with E-state index in [9.17, 15) is 22.0 Å². The van der Waals surface area contributed by atoms with E-state index in [4.69, 9.17) is 17.0 Å². The van der Waals surface area contributed by atoms with E-state index in [1.807, 2.05) is 0 Å². The fraction of sp³-hybridized carbons (Fsp3) is 0.0625. The molecule has 2 aromatic rings. The van der Waals surface area contributed by atoms with Crippen molar-refractivity contribution < 1.29 is 42.8 Å². The summed E-state index contributed by atoms with van der Waals surface area (Å²) >= 11 is -0.826. The number of halogens is 7. The SMILES string of the molecule is CC1=Cc2c(cccc2-c2c(F)c(F)c(F)c(F)c2F)[CH]1.[Cl][Zr][Cl]. The van der Waals surface area contributed by atoms with Gasteiger partial charge in [-0.15, -0.1) is 0 Å². The van der Waals surface area contributed by atoms with Gasteiger partial charge in [-0.2, -0.15) is 0 Å². The summed E-state index contributed by atoms with van der Waals surface area (Å²) in [6.07, 6.45) is 3.41. The summed E-state index contributed by atoms with van der Waals surface area (Å²) in [5.74, 6) is -9.68. The van der Waals surface area contributed by atoms with Crippen molar-refractivity contribution in [2.24, 2.45) is 0 Å². The molecule has 0 nitrogen and oxygen atoms in total. The monoisotopic (exact) mass is 455 g/mol. The van der Waals surface area contributed by atoms with E-state index >= 15 is 0 Å². The Balaban J connectivity index is 0.000000647. The summed E-state index contributed by atoms with van der Waals surface area (Å²) < 4.78 is 67.6. The van der Waals surface area contributed by atoms with Crippen molar-refractivity contribution in [3.8, 4) is 11.1 Å². The summed E-state index contributed by atoms with van der Waals surface area (Å²) in [5, 5.41) is 0. The molecule has 0 unspecified atom stereocenters. The van der Waals surface area contributed by atoms with Gasteiger partial charge in [0.15, 0.2) is 23.3 Å². The molecule has 125 valence electrons. The van der Waals surface area contributed by atoms with Gasteiger partial charge in [-0.1, -0.05) is 29.8 Å². The van der Waals surface area contributed by atoms with Crippen LogP contribution in [-0.2, 0) is 20.8 Å². The quantitative estimate of drug-likeness (QED) is 0.264. The topological polar surface area (TPSA) is 0 Å². The Labute approximate surface area is 153 Å². The van der Waals surface area contributed by atoms with Gasteiger partial charge in [0.1, 0.15) is 0 Å². The van der Waals surface area contributed by atoms with Crippen LogP contribution in [0.1, 0.15) is 18.1 Å². The number of fused-ring (bicyclic) bond motifs is 1. The molecule has 0 heterocycles. The van der Waals surface area contributed by atoms with Crippen LogP contribution in [0.25, 0.3) is 17.2 Å². The third-order valence-corrected chi connectivity index (χ3v) is 3.37. The Morgan fingerprint density at radius 3 is 1.88 bits per heavy atom. The van der Waals surface area contributed by atoms with Gasteiger partial charge in [-0.05, 0) is 23.6 Å². The average molecular weight is 457 g/mol. The first-order valence-corrected chi connectivity index (χ1v) is 12.8. The minimum absolute atomic E-state index is 0.0200. The van der Waals surface area contributed by atoms with Crippen LogP contribution >= 0.6 is 17.0 Å². The normalized spacial score (nSPS) is 12.2. The first kappa shape index (κ1) is 19.6. The Kier molecular flexibility index (Phi) is 6.63. The molecular weight excluding hydrogens is 449 g/mol. The molecule has 1 radical (unpaired) electrons. The minimum atomic E-state index is -2.15. The molecule has 0 aromatic heterocycles. The molecule has 0 atom stereocenters. The van der Waals surface area contributed by atoms with Crippen molar-refractivity contribution in [1.29, 1.82) is 0 Å². The fourth-order valence-electron chi connectivity index (χ4n) is 2.44. The van der Waals surface area contributed by atoms with Gasteiger partial charge in [0, 0.05) is 6.42 Å². The average Bonchev–Trinajstić information content (AvgIpc) is 2.93. The summed E-state index contributed by atoms with van der Waals surface area (Å²) in [5.41, 5.74) is 1.03. The molecule has 1 aliphatic rings. The molecule has 0 spiro atoms. The van der Waals surface area contributed by atoms with Gasteiger partial charge in [-0.3, -0.25) is 0 Å². The third-order valence-electron chi connectivity index (χ3n) is 3.37. The predicted octanol–water partition coefficient (Wildman–Crippen LogP) is 6.39. The second kappa shape index (κ2) is 8.11. The maximum atomic E-state index is 13.9. The van der Waals surface area contributed by atoms with E-state index in [1.54, 1.807) is 25.5 Å². The number of hydrogen-bond donors (Lipinski definition) is 0. The Morgan fingerprint density at radius 1 is 0.833 bits per heavy atom. The molecule has 24 heavy (non-hydrogen) atoms. The van der Waals surface area contributed by atoms with Crippen molar-refractivity contribution in [2.45, 2.75) is 6.92 Å². The van der Waals surface area contributed by atoms with Crippen LogP contribution in [0.5, 0.6) is 0 Å². The number of allylic oxidation sites excluding steroid dienone is 1. The van der Waals surface area contributed by atoms with Gasteiger partial charge in [0.05, 0.1) is 5.56 Å². The van der Waals surface area contributed by atoms with Crippen LogP contribution in [0.3, 0.4) is 0 Å². The van der Waals surface area contributed by atoms with E-state index in [1.165, 1.54) is 12.1 Å². The Hall–Kier alpha value is -0.707. The van der Waals surface area contributed by atoms with Crippen molar-refractivity contribution in [1.82, 2.24) is 0 Å². The Bertz CT molecular complexity index is 792. The maximum absolute atomic E-state index is 13.9. The van der Waals surface area contributed by atoms with E-state index in [2.05, 4.69) is 0 Å². The molecule has 0 fully saturated rings. The van der Waals surface area contributed by atoms with Crippen molar-refractivity contribution >= 4 is 23.1 Å². The summed E-state index contributed by atoms with van der Waals surface area (Å²) in [6.45, 7) is 1.78. The van der Waals surface area contributed by atoms with E-state index in [-0.39, 0.29) is 5.56 Å². The summed E-state index contributed by atoms with van der Waals surface area (Å²) in [7, 11) is 9.87. The molecule has 0 saturated carbocycles. The summed E-state index contributed by atoms with van der Waals surface area (Å²) in [6, 6.07) is 4.55. The molecule has 1 aliphatic carbocycles. The van der Waals surface area contributed by atoms with Gasteiger partial charge < -0.3 is 0 Å². The van der Waals surface area contributed by atoms with Crippen LogP contribution in [0.4, 0.5) is 22.0 Å². The zero-order chi connectivity index (χ0) is 18.0. The molecule has 0 amide bonds. The van der Waals surface area contributed by atoms with Gasteiger partial charge in [-0.25, -0.2) is 22.0 Å². The molecule has 2 aromatic carbocycles. The first-order chi connectivity index (χ1) is 11.3. The molecule has 0 aliphatic heterocycles. The van der Waals surface area contributed by atoms with E-state index in [0.29, 0.717) is 11.1 Å². The third kappa shape index (κ3) is 3.61. The van der Waals surface area contributed by atoms with Gasteiger partial charge in [0.25, 0.3) is 0 Å².